The number of amides is 2. The van der Waals surface area contributed by atoms with Gasteiger partial charge < -0.3 is 10.6 Å². The molecule has 1 aromatic rings. The fourth-order valence-electron chi connectivity index (χ4n) is 3.09. The number of hydrogen-bond acceptors (Lipinski definition) is 4. The van der Waals surface area contributed by atoms with Crippen molar-refractivity contribution in [2.75, 3.05) is 31.5 Å². The van der Waals surface area contributed by atoms with Gasteiger partial charge in [-0.15, -0.1) is 0 Å². The smallest absolute Gasteiger partial charge is 0.237 e. The molecule has 0 saturated carbocycles. The van der Waals surface area contributed by atoms with Crippen LogP contribution in [0.3, 0.4) is 0 Å². The van der Waals surface area contributed by atoms with Gasteiger partial charge in [0.15, 0.2) is 0 Å². The standard InChI is InChI=1S/C19H30N4O2/c1-14(2)20-19(25)15(3)23-11-9-22(10-12-23)13-17-7-5-6-8-18(17)21-16(4)24/h5-8,14-15H,9-13H2,1-4H3,(H,20,25)(H,21,24)/t15-/m0/s1. The van der Waals surface area contributed by atoms with Crippen LogP contribution in [0.15, 0.2) is 24.3 Å². The van der Waals surface area contributed by atoms with Crippen LogP contribution in [0.2, 0.25) is 0 Å². The van der Waals surface area contributed by atoms with E-state index in [4.69, 9.17) is 0 Å². The van der Waals surface area contributed by atoms with Crippen LogP contribution in [-0.4, -0.2) is 59.9 Å². The van der Waals surface area contributed by atoms with E-state index in [0.717, 1.165) is 44.0 Å². The lowest BCUT2D eigenvalue weighted by Gasteiger charge is -2.37. The second-order valence-electron chi connectivity index (χ2n) is 6.99. The maximum Gasteiger partial charge on any atom is 0.237 e. The van der Waals surface area contributed by atoms with E-state index in [9.17, 15) is 9.59 Å². The third-order valence-corrected chi connectivity index (χ3v) is 4.49. The van der Waals surface area contributed by atoms with E-state index in [1.165, 1.54) is 6.92 Å². The Bertz CT molecular complexity index is 595. The van der Waals surface area contributed by atoms with E-state index in [1.807, 2.05) is 39.0 Å². The van der Waals surface area contributed by atoms with Crippen LogP contribution >= 0.6 is 0 Å². The third kappa shape index (κ3) is 5.83. The molecule has 1 aromatic carbocycles. The Balaban J connectivity index is 1.89. The molecule has 0 radical (unpaired) electrons. The first-order valence-corrected chi connectivity index (χ1v) is 8.99. The van der Waals surface area contributed by atoms with E-state index in [2.05, 4.69) is 26.5 Å². The number of para-hydroxylation sites is 1. The Hall–Kier alpha value is -1.92. The summed E-state index contributed by atoms with van der Waals surface area (Å²) in [5.74, 6) is 0.0433. The number of nitrogens with one attached hydrogen (secondary N) is 2. The highest BCUT2D eigenvalue weighted by Crippen LogP contribution is 2.18. The van der Waals surface area contributed by atoms with Crippen LogP contribution in [0.25, 0.3) is 0 Å². The van der Waals surface area contributed by atoms with Gasteiger partial charge in [-0.1, -0.05) is 18.2 Å². The predicted octanol–water partition coefficient (Wildman–Crippen LogP) is 1.68. The molecule has 6 heteroatoms. The Kier molecular flexibility index (Phi) is 6.96. The van der Waals surface area contributed by atoms with Gasteiger partial charge in [-0.2, -0.15) is 0 Å². The molecule has 1 aliphatic rings. The molecule has 0 aromatic heterocycles. The molecule has 0 bridgehead atoms. The lowest BCUT2D eigenvalue weighted by atomic mass is 10.1. The van der Waals surface area contributed by atoms with Crippen LogP contribution in [-0.2, 0) is 16.1 Å². The molecule has 2 N–H and O–H groups in total. The largest absolute Gasteiger partial charge is 0.353 e. The Morgan fingerprint density at radius 2 is 1.72 bits per heavy atom. The van der Waals surface area contributed by atoms with E-state index in [-0.39, 0.29) is 23.9 Å². The summed E-state index contributed by atoms with van der Waals surface area (Å²) in [5.41, 5.74) is 2.00. The quantitative estimate of drug-likeness (QED) is 0.822. The predicted molar refractivity (Wildman–Crippen MR) is 100 cm³/mol. The Morgan fingerprint density at radius 3 is 2.32 bits per heavy atom. The van der Waals surface area contributed by atoms with Crippen molar-refractivity contribution in [3.63, 3.8) is 0 Å². The van der Waals surface area contributed by atoms with Gasteiger partial charge in [-0.3, -0.25) is 19.4 Å². The van der Waals surface area contributed by atoms with Crippen LogP contribution in [0.5, 0.6) is 0 Å². The fraction of sp³-hybridized carbons (Fsp3) is 0.579. The highest BCUT2D eigenvalue weighted by Gasteiger charge is 2.26. The highest BCUT2D eigenvalue weighted by atomic mass is 16.2. The molecule has 1 aliphatic heterocycles. The maximum atomic E-state index is 12.2. The lowest BCUT2D eigenvalue weighted by Crippen LogP contribution is -2.54. The monoisotopic (exact) mass is 346 g/mol. The van der Waals surface area contributed by atoms with Gasteiger partial charge in [0.05, 0.1) is 6.04 Å². The number of anilines is 1. The summed E-state index contributed by atoms with van der Waals surface area (Å²) in [7, 11) is 0. The van der Waals surface area contributed by atoms with Crippen LogP contribution in [0.1, 0.15) is 33.3 Å². The molecule has 0 aliphatic carbocycles. The Labute approximate surface area is 150 Å². The lowest BCUT2D eigenvalue weighted by molar-refractivity contribution is -0.127. The molecule has 1 saturated heterocycles. The van der Waals surface area contributed by atoms with Gasteiger partial charge in [-0.05, 0) is 32.4 Å². The van der Waals surface area contributed by atoms with Gasteiger partial charge in [-0.25, -0.2) is 0 Å². The normalized spacial score (nSPS) is 17.3. The number of hydrogen-bond donors (Lipinski definition) is 2. The zero-order valence-corrected chi connectivity index (χ0v) is 15.7. The first kappa shape index (κ1) is 19.4. The minimum Gasteiger partial charge on any atom is -0.353 e. The van der Waals surface area contributed by atoms with E-state index in [1.54, 1.807) is 0 Å². The molecule has 2 amide bonds. The van der Waals surface area contributed by atoms with E-state index >= 15 is 0 Å². The molecule has 6 nitrogen and oxygen atoms in total. The number of benzene rings is 1. The second-order valence-corrected chi connectivity index (χ2v) is 6.99. The zero-order valence-electron chi connectivity index (χ0n) is 15.7. The first-order valence-electron chi connectivity index (χ1n) is 8.99. The van der Waals surface area contributed by atoms with Crippen molar-refractivity contribution in [2.24, 2.45) is 0 Å². The van der Waals surface area contributed by atoms with Crippen molar-refractivity contribution in [3.05, 3.63) is 29.8 Å². The first-order chi connectivity index (χ1) is 11.9. The molecule has 0 spiro atoms. The summed E-state index contributed by atoms with van der Waals surface area (Å²) in [6.07, 6.45) is 0. The second kappa shape index (κ2) is 8.97. The summed E-state index contributed by atoms with van der Waals surface area (Å²) in [6, 6.07) is 7.98. The molecule has 1 atom stereocenters. The number of nitrogens with zero attached hydrogens (tertiary/aromatic N) is 2. The zero-order chi connectivity index (χ0) is 18.4. The molecule has 25 heavy (non-hydrogen) atoms. The number of piperazine rings is 1. The summed E-state index contributed by atoms with van der Waals surface area (Å²) >= 11 is 0. The van der Waals surface area contributed by atoms with Crippen molar-refractivity contribution in [3.8, 4) is 0 Å². The van der Waals surface area contributed by atoms with Gasteiger partial charge >= 0.3 is 0 Å². The molecular weight excluding hydrogens is 316 g/mol. The van der Waals surface area contributed by atoms with Crippen molar-refractivity contribution < 1.29 is 9.59 Å². The highest BCUT2D eigenvalue weighted by molar-refractivity contribution is 5.89. The van der Waals surface area contributed by atoms with Crippen LogP contribution in [0.4, 0.5) is 5.69 Å². The third-order valence-electron chi connectivity index (χ3n) is 4.49. The average molecular weight is 346 g/mol. The van der Waals surface area contributed by atoms with Gasteiger partial charge in [0, 0.05) is 51.4 Å². The topological polar surface area (TPSA) is 64.7 Å². The molecule has 0 unspecified atom stereocenters. The van der Waals surface area contributed by atoms with Gasteiger partial charge in [0.25, 0.3) is 0 Å². The van der Waals surface area contributed by atoms with Crippen LogP contribution < -0.4 is 10.6 Å². The number of rotatable bonds is 6. The van der Waals surface area contributed by atoms with Crippen molar-refractivity contribution in [1.82, 2.24) is 15.1 Å². The van der Waals surface area contributed by atoms with Gasteiger partial charge in [0.1, 0.15) is 0 Å². The summed E-state index contributed by atoms with van der Waals surface area (Å²) in [5, 5.41) is 5.88. The Morgan fingerprint density at radius 1 is 1.08 bits per heavy atom. The fourth-order valence-corrected chi connectivity index (χ4v) is 3.09. The van der Waals surface area contributed by atoms with Crippen molar-refractivity contribution in [1.29, 1.82) is 0 Å². The van der Waals surface area contributed by atoms with Crippen molar-refractivity contribution >= 4 is 17.5 Å². The number of carbonyl (C=O) groups is 2. The summed E-state index contributed by atoms with van der Waals surface area (Å²) < 4.78 is 0. The van der Waals surface area contributed by atoms with E-state index < -0.39 is 0 Å². The molecule has 138 valence electrons. The van der Waals surface area contributed by atoms with Gasteiger partial charge in [0.2, 0.25) is 11.8 Å². The number of carbonyl (C=O) groups excluding carboxylic acids is 2. The van der Waals surface area contributed by atoms with E-state index in [0.29, 0.717) is 0 Å². The minimum atomic E-state index is -0.101. The maximum absolute atomic E-state index is 12.2. The average Bonchev–Trinajstić information content (AvgIpc) is 2.55. The summed E-state index contributed by atoms with van der Waals surface area (Å²) in [4.78, 5) is 28.1. The SMILES string of the molecule is CC(=O)Nc1ccccc1CN1CCN([C@@H](C)C(=O)NC(C)C)CC1. The molecular formula is C19H30N4O2. The molecule has 1 heterocycles. The summed E-state index contributed by atoms with van der Waals surface area (Å²) in [6.45, 7) is 11.8. The van der Waals surface area contributed by atoms with Crippen molar-refractivity contribution in [2.45, 2.75) is 46.3 Å². The minimum absolute atomic E-state index is 0.0535. The van der Waals surface area contributed by atoms with Crippen LogP contribution in [0, 0.1) is 0 Å². The molecule has 2 rings (SSSR count). The molecule has 1 fully saturated rings.